The first-order valence-corrected chi connectivity index (χ1v) is 8.20. The Kier molecular flexibility index (Phi) is 6.16. The molecule has 0 radical (unpaired) electrons. The van der Waals surface area contributed by atoms with Gasteiger partial charge in [-0.3, -0.25) is 4.79 Å². The third-order valence-corrected chi connectivity index (χ3v) is 4.43. The van der Waals surface area contributed by atoms with Gasteiger partial charge in [0.15, 0.2) is 0 Å². The Bertz CT molecular complexity index is 628. The van der Waals surface area contributed by atoms with Crippen LogP contribution in [0.25, 0.3) is 0 Å². The first kappa shape index (κ1) is 16.7. The number of hydrogen-bond acceptors (Lipinski definition) is 2. The molecule has 1 amide bonds. The Balaban J connectivity index is 1.77. The molecular weight excluding hydrogens is 340 g/mol. The van der Waals surface area contributed by atoms with Crippen LogP contribution in [-0.2, 0) is 4.79 Å². The van der Waals surface area contributed by atoms with Gasteiger partial charge in [-0.15, -0.1) is 0 Å². The smallest absolute Gasteiger partial charge is 0.225 e. The van der Waals surface area contributed by atoms with E-state index < -0.39 is 0 Å². The lowest BCUT2D eigenvalue weighted by Crippen LogP contribution is -2.24. The van der Waals surface area contributed by atoms with E-state index in [2.05, 4.69) is 45.6 Å². The molecule has 2 aromatic carbocycles. The average molecular weight is 361 g/mol. The molecule has 2 rings (SSSR count). The van der Waals surface area contributed by atoms with Crippen LogP contribution < -0.4 is 10.6 Å². The van der Waals surface area contributed by atoms with Crippen molar-refractivity contribution in [3.05, 3.63) is 64.1 Å². The molecule has 1 atom stereocenters. The SMILES string of the molecule is Cc1cc(NC(=O)CCNC(C)c2ccccc2)ccc1Br. The van der Waals surface area contributed by atoms with Gasteiger partial charge in [0, 0.05) is 29.2 Å². The van der Waals surface area contributed by atoms with Crippen molar-refractivity contribution in [1.29, 1.82) is 0 Å². The van der Waals surface area contributed by atoms with Crippen molar-refractivity contribution in [2.75, 3.05) is 11.9 Å². The van der Waals surface area contributed by atoms with Crippen LogP contribution in [0.15, 0.2) is 53.0 Å². The number of halogens is 1. The van der Waals surface area contributed by atoms with Crippen LogP contribution in [0.3, 0.4) is 0 Å². The minimum atomic E-state index is 0.0227. The van der Waals surface area contributed by atoms with Gasteiger partial charge in [-0.1, -0.05) is 46.3 Å². The van der Waals surface area contributed by atoms with Crippen LogP contribution in [0.4, 0.5) is 5.69 Å². The van der Waals surface area contributed by atoms with Crippen molar-refractivity contribution < 1.29 is 4.79 Å². The predicted octanol–water partition coefficient (Wildman–Crippen LogP) is 4.44. The maximum absolute atomic E-state index is 12.0. The lowest BCUT2D eigenvalue weighted by molar-refractivity contribution is -0.116. The molecule has 4 heteroatoms. The topological polar surface area (TPSA) is 41.1 Å². The van der Waals surface area contributed by atoms with Crippen LogP contribution in [-0.4, -0.2) is 12.5 Å². The molecule has 0 aliphatic heterocycles. The Morgan fingerprint density at radius 3 is 2.59 bits per heavy atom. The molecule has 0 heterocycles. The molecule has 0 saturated carbocycles. The summed E-state index contributed by atoms with van der Waals surface area (Å²) in [5.41, 5.74) is 3.17. The van der Waals surface area contributed by atoms with Gasteiger partial charge in [0.1, 0.15) is 0 Å². The maximum atomic E-state index is 12.0. The molecule has 1 unspecified atom stereocenters. The second-order valence-electron chi connectivity index (χ2n) is 5.35. The third-order valence-electron chi connectivity index (χ3n) is 3.54. The van der Waals surface area contributed by atoms with E-state index in [1.807, 2.05) is 43.3 Å². The van der Waals surface area contributed by atoms with Crippen molar-refractivity contribution in [2.45, 2.75) is 26.3 Å². The number of hydrogen-bond donors (Lipinski definition) is 2. The number of anilines is 1. The van der Waals surface area contributed by atoms with E-state index in [0.29, 0.717) is 13.0 Å². The highest BCUT2D eigenvalue weighted by Gasteiger charge is 2.07. The van der Waals surface area contributed by atoms with Gasteiger partial charge in [-0.2, -0.15) is 0 Å². The minimum absolute atomic E-state index is 0.0227. The summed E-state index contributed by atoms with van der Waals surface area (Å²) in [4.78, 5) is 12.0. The Morgan fingerprint density at radius 1 is 1.18 bits per heavy atom. The molecule has 2 N–H and O–H groups in total. The average Bonchev–Trinajstić information content (AvgIpc) is 2.51. The van der Waals surface area contributed by atoms with E-state index in [9.17, 15) is 4.79 Å². The highest BCUT2D eigenvalue weighted by molar-refractivity contribution is 9.10. The first-order chi connectivity index (χ1) is 10.6. The molecule has 0 spiro atoms. The molecule has 0 aliphatic rings. The molecule has 116 valence electrons. The lowest BCUT2D eigenvalue weighted by atomic mass is 10.1. The molecule has 22 heavy (non-hydrogen) atoms. The summed E-state index contributed by atoms with van der Waals surface area (Å²) in [6.45, 7) is 4.76. The molecule has 0 fully saturated rings. The van der Waals surface area contributed by atoms with Crippen LogP contribution in [0, 0.1) is 6.92 Å². The molecule has 2 aromatic rings. The summed E-state index contributed by atoms with van der Waals surface area (Å²) >= 11 is 3.45. The quantitative estimate of drug-likeness (QED) is 0.799. The lowest BCUT2D eigenvalue weighted by Gasteiger charge is -2.14. The van der Waals surface area contributed by atoms with E-state index >= 15 is 0 Å². The second kappa shape index (κ2) is 8.11. The van der Waals surface area contributed by atoms with E-state index in [4.69, 9.17) is 0 Å². The number of carbonyl (C=O) groups excluding carboxylic acids is 1. The zero-order valence-electron chi connectivity index (χ0n) is 12.9. The number of aryl methyl sites for hydroxylation is 1. The number of carbonyl (C=O) groups is 1. The molecule has 0 aliphatic carbocycles. The monoisotopic (exact) mass is 360 g/mol. The van der Waals surface area contributed by atoms with Crippen LogP contribution in [0.1, 0.15) is 30.5 Å². The van der Waals surface area contributed by atoms with Gasteiger partial charge < -0.3 is 10.6 Å². The van der Waals surface area contributed by atoms with E-state index in [0.717, 1.165) is 15.7 Å². The van der Waals surface area contributed by atoms with Crippen LogP contribution in [0.2, 0.25) is 0 Å². The Labute approximate surface area is 140 Å². The number of benzene rings is 2. The summed E-state index contributed by atoms with van der Waals surface area (Å²) in [6.07, 6.45) is 0.451. The van der Waals surface area contributed by atoms with Crippen LogP contribution in [0.5, 0.6) is 0 Å². The Morgan fingerprint density at radius 2 is 1.91 bits per heavy atom. The zero-order chi connectivity index (χ0) is 15.9. The van der Waals surface area contributed by atoms with Gasteiger partial charge in [-0.25, -0.2) is 0 Å². The van der Waals surface area contributed by atoms with E-state index in [1.54, 1.807) is 0 Å². The van der Waals surface area contributed by atoms with E-state index in [1.165, 1.54) is 5.56 Å². The molecular formula is C18H21BrN2O. The molecule has 0 saturated heterocycles. The summed E-state index contributed by atoms with van der Waals surface area (Å²) in [6, 6.07) is 16.3. The fraction of sp³-hybridized carbons (Fsp3) is 0.278. The van der Waals surface area contributed by atoms with Crippen LogP contribution >= 0.6 is 15.9 Å². The maximum Gasteiger partial charge on any atom is 0.225 e. The summed E-state index contributed by atoms with van der Waals surface area (Å²) in [7, 11) is 0. The van der Waals surface area contributed by atoms with Gasteiger partial charge >= 0.3 is 0 Å². The normalized spacial score (nSPS) is 12.0. The van der Waals surface area contributed by atoms with Crippen molar-refractivity contribution in [2.24, 2.45) is 0 Å². The zero-order valence-corrected chi connectivity index (χ0v) is 14.5. The predicted molar refractivity (Wildman–Crippen MR) is 95.0 cm³/mol. The van der Waals surface area contributed by atoms with Gasteiger partial charge in [0.25, 0.3) is 0 Å². The fourth-order valence-corrected chi connectivity index (χ4v) is 2.45. The first-order valence-electron chi connectivity index (χ1n) is 7.40. The molecule has 0 aromatic heterocycles. The second-order valence-corrected chi connectivity index (χ2v) is 6.20. The number of nitrogens with one attached hydrogen (secondary N) is 2. The largest absolute Gasteiger partial charge is 0.326 e. The summed E-state index contributed by atoms with van der Waals surface area (Å²) in [5.74, 6) is 0.0227. The van der Waals surface area contributed by atoms with E-state index in [-0.39, 0.29) is 11.9 Å². The van der Waals surface area contributed by atoms with Crippen molar-refractivity contribution in [3.63, 3.8) is 0 Å². The third kappa shape index (κ3) is 4.97. The van der Waals surface area contributed by atoms with Crippen molar-refractivity contribution in [1.82, 2.24) is 5.32 Å². The Hall–Kier alpha value is -1.65. The van der Waals surface area contributed by atoms with Gasteiger partial charge in [0.05, 0.1) is 0 Å². The fourth-order valence-electron chi connectivity index (χ4n) is 2.21. The highest BCUT2D eigenvalue weighted by atomic mass is 79.9. The standard InChI is InChI=1S/C18H21BrN2O/c1-13-12-16(8-9-17(13)19)21-18(22)10-11-20-14(2)15-6-4-3-5-7-15/h3-9,12,14,20H,10-11H2,1-2H3,(H,21,22). The molecule has 0 bridgehead atoms. The molecule has 3 nitrogen and oxygen atoms in total. The van der Waals surface area contributed by atoms with Gasteiger partial charge in [0.2, 0.25) is 5.91 Å². The van der Waals surface area contributed by atoms with Gasteiger partial charge in [-0.05, 0) is 43.2 Å². The summed E-state index contributed by atoms with van der Waals surface area (Å²) in [5, 5.41) is 6.29. The van der Waals surface area contributed by atoms with Crippen molar-refractivity contribution in [3.8, 4) is 0 Å². The number of rotatable bonds is 6. The van der Waals surface area contributed by atoms with Crippen molar-refractivity contribution >= 4 is 27.5 Å². The highest BCUT2D eigenvalue weighted by Crippen LogP contribution is 2.20. The number of amides is 1. The minimum Gasteiger partial charge on any atom is -0.326 e. The summed E-state index contributed by atoms with van der Waals surface area (Å²) < 4.78 is 1.05.